The van der Waals surface area contributed by atoms with Gasteiger partial charge in [0.1, 0.15) is 11.6 Å². The molecule has 0 aliphatic carbocycles. The first-order valence-corrected chi connectivity index (χ1v) is 7.95. The fourth-order valence-electron chi connectivity index (χ4n) is 3.01. The van der Waals surface area contributed by atoms with Gasteiger partial charge in [-0.2, -0.15) is 5.10 Å². The summed E-state index contributed by atoms with van der Waals surface area (Å²) in [6.45, 7) is 2.07. The highest BCUT2D eigenvalue weighted by Gasteiger charge is 2.16. The van der Waals surface area contributed by atoms with Crippen LogP contribution in [0.3, 0.4) is 0 Å². The van der Waals surface area contributed by atoms with E-state index in [1.54, 1.807) is 6.07 Å². The monoisotopic (exact) mass is 327 g/mol. The van der Waals surface area contributed by atoms with E-state index in [0.29, 0.717) is 13.0 Å². The number of aromatic nitrogens is 2. The lowest BCUT2D eigenvalue weighted by Crippen LogP contribution is -2.19. The Morgan fingerprint density at radius 2 is 2.21 bits per heavy atom. The minimum absolute atomic E-state index is 0.224. The lowest BCUT2D eigenvalue weighted by atomic mass is 10.1. The number of halogens is 1. The molecule has 1 aliphatic heterocycles. The molecule has 6 heteroatoms. The van der Waals surface area contributed by atoms with Gasteiger partial charge in [0.05, 0.1) is 18.3 Å². The van der Waals surface area contributed by atoms with Crippen molar-refractivity contribution in [1.29, 1.82) is 0 Å². The van der Waals surface area contributed by atoms with E-state index in [9.17, 15) is 4.39 Å². The molecule has 1 N–H and O–H groups in total. The van der Waals surface area contributed by atoms with Crippen molar-refractivity contribution in [2.45, 2.75) is 19.6 Å². The molecule has 0 spiro atoms. The number of rotatable bonds is 5. The molecule has 24 heavy (non-hydrogen) atoms. The summed E-state index contributed by atoms with van der Waals surface area (Å²) < 4.78 is 26.3. The Kier molecular flexibility index (Phi) is 4.15. The molecule has 0 radical (unpaired) electrons. The van der Waals surface area contributed by atoms with E-state index in [0.717, 1.165) is 41.0 Å². The van der Waals surface area contributed by atoms with Crippen LogP contribution in [0.4, 0.5) is 4.39 Å². The van der Waals surface area contributed by atoms with Gasteiger partial charge in [0.2, 0.25) is 0 Å². The van der Waals surface area contributed by atoms with Crippen molar-refractivity contribution in [1.82, 2.24) is 14.9 Å². The Balaban J connectivity index is 1.40. The van der Waals surface area contributed by atoms with Gasteiger partial charge in [0.15, 0.2) is 6.79 Å². The van der Waals surface area contributed by atoms with Crippen molar-refractivity contribution >= 4 is 5.52 Å². The van der Waals surface area contributed by atoms with Crippen LogP contribution in [0.5, 0.6) is 5.75 Å². The molecule has 0 bridgehead atoms. The lowest BCUT2D eigenvalue weighted by molar-refractivity contribution is -0.0172. The molecule has 3 heterocycles. The standard InChI is InChI=1S/C18H18FN3O2/c19-16-7-13(18-14(8-16)11-23-12-24-18)4-5-20-9-15-10-21-22-6-2-1-3-17(15)22/h1-3,6-8,10,20H,4-5,9,11-12H2. The quantitative estimate of drug-likeness (QED) is 0.732. The van der Waals surface area contributed by atoms with Gasteiger partial charge in [-0.3, -0.25) is 0 Å². The Morgan fingerprint density at radius 1 is 1.25 bits per heavy atom. The molecule has 4 rings (SSSR count). The molecule has 0 saturated carbocycles. The smallest absolute Gasteiger partial charge is 0.189 e. The molecule has 1 aromatic carbocycles. The average molecular weight is 327 g/mol. The maximum atomic E-state index is 13.7. The van der Waals surface area contributed by atoms with Crippen LogP contribution in [0, 0.1) is 5.82 Å². The molecule has 0 unspecified atom stereocenters. The van der Waals surface area contributed by atoms with Crippen molar-refractivity contribution in [3.63, 3.8) is 0 Å². The van der Waals surface area contributed by atoms with Crippen LogP contribution in [0.2, 0.25) is 0 Å². The Bertz CT molecular complexity index is 863. The van der Waals surface area contributed by atoms with Crippen LogP contribution in [-0.4, -0.2) is 23.0 Å². The minimum atomic E-state index is -0.250. The van der Waals surface area contributed by atoms with Gasteiger partial charge in [-0.1, -0.05) is 6.07 Å². The summed E-state index contributed by atoms with van der Waals surface area (Å²) in [5, 5.41) is 7.71. The number of fused-ring (bicyclic) bond motifs is 2. The number of hydrogen-bond donors (Lipinski definition) is 1. The molecule has 5 nitrogen and oxygen atoms in total. The first kappa shape index (κ1) is 15.1. The number of pyridine rings is 1. The van der Waals surface area contributed by atoms with E-state index in [1.807, 2.05) is 35.1 Å². The zero-order valence-electron chi connectivity index (χ0n) is 13.2. The Labute approximate surface area is 139 Å². The van der Waals surface area contributed by atoms with Crippen LogP contribution in [0.15, 0.2) is 42.7 Å². The lowest BCUT2D eigenvalue weighted by Gasteiger charge is -2.21. The SMILES string of the molecule is Fc1cc(CCNCc2cnn3ccccc23)c2c(c1)COCO2. The van der Waals surface area contributed by atoms with Gasteiger partial charge in [0.25, 0.3) is 0 Å². The molecule has 0 fully saturated rings. The number of nitrogens with zero attached hydrogens (tertiary/aromatic N) is 2. The van der Waals surface area contributed by atoms with Gasteiger partial charge in [0, 0.05) is 23.9 Å². The van der Waals surface area contributed by atoms with E-state index in [1.165, 1.54) is 6.07 Å². The van der Waals surface area contributed by atoms with Gasteiger partial charge in [-0.05, 0) is 42.8 Å². The molecular weight excluding hydrogens is 309 g/mol. The van der Waals surface area contributed by atoms with Crippen LogP contribution >= 0.6 is 0 Å². The van der Waals surface area contributed by atoms with E-state index in [-0.39, 0.29) is 12.6 Å². The van der Waals surface area contributed by atoms with E-state index >= 15 is 0 Å². The fraction of sp³-hybridized carbons (Fsp3) is 0.278. The van der Waals surface area contributed by atoms with Gasteiger partial charge in [-0.25, -0.2) is 8.91 Å². The van der Waals surface area contributed by atoms with Gasteiger partial charge < -0.3 is 14.8 Å². The second-order valence-electron chi connectivity index (χ2n) is 5.79. The van der Waals surface area contributed by atoms with Crippen molar-refractivity contribution in [3.8, 4) is 5.75 Å². The fourth-order valence-corrected chi connectivity index (χ4v) is 3.01. The molecule has 0 atom stereocenters. The normalized spacial score (nSPS) is 13.7. The number of nitrogens with one attached hydrogen (secondary N) is 1. The van der Waals surface area contributed by atoms with Crippen molar-refractivity contribution < 1.29 is 13.9 Å². The summed E-state index contributed by atoms with van der Waals surface area (Å²) in [4.78, 5) is 0. The van der Waals surface area contributed by atoms with Crippen molar-refractivity contribution in [2.75, 3.05) is 13.3 Å². The van der Waals surface area contributed by atoms with Crippen LogP contribution in [0.25, 0.3) is 5.52 Å². The van der Waals surface area contributed by atoms with E-state index < -0.39 is 0 Å². The van der Waals surface area contributed by atoms with Crippen LogP contribution in [0.1, 0.15) is 16.7 Å². The largest absolute Gasteiger partial charge is 0.467 e. The highest BCUT2D eigenvalue weighted by molar-refractivity contribution is 5.53. The first-order chi connectivity index (χ1) is 11.8. The summed E-state index contributed by atoms with van der Waals surface area (Å²) in [6, 6.07) is 9.01. The highest BCUT2D eigenvalue weighted by Crippen LogP contribution is 2.29. The Hall–Kier alpha value is -2.44. The maximum absolute atomic E-state index is 13.7. The predicted molar refractivity (Wildman–Crippen MR) is 87.3 cm³/mol. The molecule has 2 aromatic heterocycles. The molecule has 0 saturated heterocycles. The Morgan fingerprint density at radius 3 is 3.17 bits per heavy atom. The maximum Gasteiger partial charge on any atom is 0.189 e. The topological polar surface area (TPSA) is 47.8 Å². The second-order valence-corrected chi connectivity index (χ2v) is 5.79. The number of ether oxygens (including phenoxy) is 2. The van der Waals surface area contributed by atoms with Gasteiger partial charge in [-0.15, -0.1) is 0 Å². The molecular formula is C18H18FN3O2. The van der Waals surface area contributed by atoms with E-state index in [2.05, 4.69) is 10.4 Å². The third-order valence-corrected chi connectivity index (χ3v) is 4.14. The molecule has 3 aromatic rings. The molecule has 124 valence electrons. The molecule has 1 aliphatic rings. The summed E-state index contributed by atoms with van der Waals surface area (Å²) >= 11 is 0. The third-order valence-electron chi connectivity index (χ3n) is 4.14. The molecule has 0 amide bonds. The summed E-state index contributed by atoms with van der Waals surface area (Å²) in [6.07, 6.45) is 4.49. The van der Waals surface area contributed by atoms with Gasteiger partial charge >= 0.3 is 0 Å². The van der Waals surface area contributed by atoms with Crippen molar-refractivity contribution in [3.05, 3.63) is 65.2 Å². The summed E-state index contributed by atoms with van der Waals surface area (Å²) in [5.41, 5.74) is 3.88. The number of benzene rings is 1. The van der Waals surface area contributed by atoms with Crippen LogP contribution in [-0.2, 0) is 24.3 Å². The number of hydrogen-bond acceptors (Lipinski definition) is 4. The average Bonchev–Trinajstić information content (AvgIpc) is 3.02. The predicted octanol–water partition coefficient (Wildman–Crippen LogP) is 2.67. The minimum Gasteiger partial charge on any atom is -0.467 e. The zero-order valence-corrected chi connectivity index (χ0v) is 13.2. The highest BCUT2D eigenvalue weighted by atomic mass is 19.1. The van der Waals surface area contributed by atoms with Crippen LogP contribution < -0.4 is 10.1 Å². The third kappa shape index (κ3) is 2.98. The van der Waals surface area contributed by atoms with Crippen molar-refractivity contribution in [2.24, 2.45) is 0 Å². The summed E-state index contributed by atoms with van der Waals surface area (Å²) in [7, 11) is 0. The summed E-state index contributed by atoms with van der Waals surface area (Å²) in [5.74, 6) is 0.515. The first-order valence-electron chi connectivity index (χ1n) is 7.95. The zero-order chi connectivity index (χ0) is 16.4. The second kappa shape index (κ2) is 6.59. The van der Waals surface area contributed by atoms with E-state index in [4.69, 9.17) is 9.47 Å².